The maximum Gasteiger partial charge on any atom is 0.408 e. The van der Waals surface area contributed by atoms with Gasteiger partial charge in [0.2, 0.25) is 0 Å². The molecule has 132 valence electrons. The molecule has 1 aromatic heterocycles. The van der Waals surface area contributed by atoms with Crippen LogP contribution >= 0.6 is 0 Å². The molecule has 1 heterocycles. The van der Waals surface area contributed by atoms with Gasteiger partial charge in [0.15, 0.2) is 0 Å². The molecule has 23 heavy (non-hydrogen) atoms. The van der Waals surface area contributed by atoms with E-state index in [4.69, 9.17) is 20.0 Å². The van der Waals surface area contributed by atoms with Crippen LogP contribution in [-0.4, -0.2) is 34.4 Å². The summed E-state index contributed by atoms with van der Waals surface area (Å²) in [7, 11) is 0. The molecule has 0 aromatic carbocycles. The lowest BCUT2D eigenvalue weighted by molar-refractivity contribution is -0.139. The number of amides is 1. The van der Waals surface area contributed by atoms with Gasteiger partial charge in [-0.2, -0.15) is 0 Å². The zero-order chi connectivity index (χ0) is 18.3. The molecule has 7 heteroatoms. The first-order valence-electron chi connectivity index (χ1n) is 7.31. The molecule has 0 aliphatic rings. The number of hydrogen-bond acceptors (Lipinski definition) is 5. The standard InChI is InChI=1S/C12H17NO5.C4H11N/c1-12(2,3)18-11(16)13-9(10(14)15)7-8-5-4-6-17-8;1-4(2,3)5/h4-6,9H,7H2,1-3H3,(H,13,16)(H,14,15);5H2,1-3H3. The monoisotopic (exact) mass is 328 g/mol. The highest BCUT2D eigenvalue weighted by molar-refractivity contribution is 5.80. The van der Waals surface area contributed by atoms with E-state index in [1.165, 1.54) is 6.26 Å². The molecule has 0 aliphatic heterocycles. The van der Waals surface area contributed by atoms with Gasteiger partial charge in [-0.05, 0) is 53.7 Å². The molecule has 1 unspecified atom stereocenters. The van der Waals surface area contributed by atoms with Crippen molar-refractivity contribution >= 4 is 12.1 Å². The number of ether oxygens (including phenoxy) is 1. The van der Waals surface area contributed by atoms with E-state index in [9.17, 15) is 9.59 Å². The molecule has 1 atom stereocenters. The second-order valence-electron chi connectivity index (χ2n) is 7.19. The van der Waals surface area contributed by atoms with E-state index in [1.54, 1.807) is 32.9 Å². The number of carbonyl (C=O) groups excluding carboxylic acids is 1. The molecule has 0 spiro atoms. The first-order valence-corrected chi connectivity index (χ1v) is 7.31. The summed E-state index contributed by atoms with van der Waals surface area (Å²) in [5.41, 5.74) is 4.69. The van der Waals surface area contributed by atoms with Crippen molar-refractivity contribution in [1.29, 1.82) is 0 Å². The molecule has 1 rings (SSSR count). The third-order valence-electron chi connectivity index (χ3n) is 1.97. The minimum atomic E-state index is -1.14. The second-order valence-corrected chi connectivity index (χ2v) is 7.19. The van der Waals surface area contributed by atoms with E-state index in [-0.39, 0.29) is 12.0 Å². The Kier molecular flexibility index (Phi) is 7.82. The van der Waals surface area contributed by atoms with Crippen LogP contribution in [-0.2, 0) is 16.0 Å². The number of carboxylic acid groups (broad SMARTS) is 1. The Labute approximate surface area is 137 Å². The van der Waals surface area contributed by atoms with Gasteiger partial charge in [-0.1, -0.05) is 0 Å². The number of nitrogens with two attached hydrogens (primary N) is 1. The van der Waals surface area contributed by atoms with Crippen molar-refractivity contribution in [3.63, 3.8) is 0 Å². The van der Waals surface area contributed by atoms with E-state index in [0.717, 1.165) is 0 Å². The van der Waals surface area contributed by atoms with Gasteiger partial charge < -0.3 is 25.3 Å². The highest BCUT2D eigenvalue weighted by Crippen LogP contribution is 2.08. The summed E-state index contributed by atoms with van der Waals surface area (Å²) >= 11 is 0. The van der Waals surface area contributed by atoms with Crippen molar-refractivity contribution in [3.8, 4) is 0 Å². The van der Waals surface area contributed by atoms with E-state index in [1.807, 2.05) is 20.8 Å². The number of alkyl carbamates (subject to hydrolysis) is 1. The van der Waals surface area contributed by atoms with Crippen LogP contribution in [0.15, 0.2) is 22.8 Å². The Morgan fingerprint density at radius 2 is 1.83 bits per heavy atom. The minimum Gasteiger partial charge on any atom is -0.480 e. The zero-order valence-corrected chi connectivity index (χ0v) is 14.7. The van der Waals surface area contributed by atoms with Crippen LogP contribution in [0.4, 0.5) is 4.79 Å². The molecular weight excluding hydrogens is 300 g/mol. The normalized spacial score (nSPS) is 12.7. The molecule has 7 nitrogen and oxygen atoms in total. The predicted molar refractivity (Wildman–Crippen MR) is 87.1 cm³/mol. The summed E-state index contributed by atoms with van der Waals surface area (Å²) in [6.07, 6.45) is 0.755. The Hall–Kier alpha value is -2.02. The number of carboxylic acids is 1. The largest absolute Gasteiger partial charge is 0.480 e. The molecule has 1 amide bonds. The molecule has 0 aliphatic carbocycles. The highest BCUT2D eigenvalue weighted by Gasteiger charge is 2.24. The fourth-order valence-corrected chi connectivity index (χ4v) is 1.28. The predicted octanol–water partition coefficient (Wildman–Crippen LogP) is 2.54. The van der Waals surface area contributed by atoms with E-state index >= 15 is 0 Å². The summed E-state index contributed by atoms with van der Waals surface area (Å²) in [5.74, 6) is -0.657. The number of aliphatic carboxylic acids is 1. The number of furan rings is 1. The molecule has 1 aromatic rings. The highest BCUT2D eigenvalue weighted by atomic mass is 16.6. The van der Waals surface area contributed by atoms with Crippen LogP contribution < -0.4 is 11.1 Å². The second kappa shape index (κ2) is 8.57. The molecule has 0 saturated heterocycles. The zero-order valence-electron chi connectivity index (χ0n) is 14.7. The van der Waals surface area contributed by atoms with Gasteiger partial charge in [-0.3, -0.25) is 0 Å². The summed E-state index contributed by atoms with van der Waals surface area (Å²) < 4.78 is 10.0. The fraction of sp³-hybridized carbons (Fsp3) is 0.625. The van der Waals surface area contributed by atoms with Crippen LogP contribution in [0, 0.1) is 0 Å². The topological polar surface area (TPSA) is 115 Å². The van der Waals surface area contributed by atoms with Crippen LogP contribution in [0.25, 0.3) is 0 Å². The van der Waals surface area contributed by atoms with Crippen molar-refractivity contribution < 1.29 is 23.8 Å². The summed E-state index contributed by atoms with van der Waals surface area (Å²) in [5, 5.41) is 11.3. The van der Waals surface area contributed by atoms with Crippen LogP contribution in [0.1, 0.15) is 47.3 Å². The average Bonchev–Trinajstić information content (AvgIpc) is 2.75. The van der Waals surface area contributed by atoms with Crippen molar-refractivity contribution in [1.82, 2.24) is 5.32 Å². The lowest BCUT2D eigenvalue weighted by Crippen LogP contribution is -2.44. The number of nitrogens with one attached hydrogen (secondary N) is 1. The third-order valence-corrected chi connectivity index (χ3v) is 1.97. The Morgan fingerprint density at radius 1 is 1.30 bits per heavy atom. The first kappa shape index (κ1) is 21.0. The van der Waals surface area contributed by atoms with Crippen LogP contribution in [0.3, 0.4) is 0 Å². The van der Waals surface area contributed by atoms with Gasteiger partial charge in [0.1, 0.15) is 17.4 Å². The fourth-order valence-electron chi connectivity index (χ4n) is 1.28. The Balaban J connectivity index is 0.000000841. The number of hydrogen-bond donors (Lipinski definition) is 3. The molecule has 0 radical (unpaired) electrons. The van der Waals surface area contributed by atoms with E-state index in [2.05, 4.69) is 5.32 Å². The Morgan fingerprint density at radius 3 is 2.17 bits per heavy atom. The average molecular weight is 328 g/mol. The van der Waals surface area contributed by atoms with Crippen molar-refractivity contribution in [2.24, 2.45) is 5.73 Å². The van der Waals surface area contributed by atoms with Gasteiger partial charge in [0.25, 0.3) is 0 Å². The molecular formula is C16H28N2O5. The van der Waals surface area contributed by atoms with Crippen molar-refractivity contribution in [2.75, 3.05) is 0 Å². The quantitative estimate of drug-likeness (QED) is 0.782. The molecule has 4 N–H and O–H groups in total. The van der Waals surface area contributed by atoms with E-state index in [0.29, 0.717) is 5.76 Å². The maximum atomic E-state index is 11.5. The van der Waals surface area contributed by atoms with Gasteiger partial charge in [-0.15, -0.1) is 0 Å². The van der Waals surface area contributed by atoms with Crippen LogP contribution in [0.5, 0.6) is 0 Å². The summed E-state index contributed by atoms with van der Waals surface area (Å²) in [4.78, 5) is 22.5. The number of carbonyl (C=O) groups is 2. The maximum absolute atomic E-state index is 11.5. The smallest absolute Gasteiger partial charge is 0.408 e. The minimum absolute atomic E-state index is 0. The van der Waals surface area contributed by atoms with Gasteiger partial charge in [0, 0.05) is 12.0 Å². The lowest BCUT2D eigenvalue weighted by atomic mass is 10.1. The van der Waals surface area contributed by atoms with Crippen molar-refractivity contribution in [2.45, 2.75) is 65.1 Å². The third kappa shape index (κ3) is 13.4. The van der Waals surface area contributed by atoms with Crippen molar-refractivity contribution in [3.05, 3.63) is 24.2 Å². The summed E-state index contributed by atoms with van der Waals surface area (Å²) in [6.45, 7) is 11.0. The number of rotatable bonds is 4. The SMILES string of the molecule is CC(C)(C)N.CC(C)(C)OC(=O)NC(Cc1ccco1)C(=O)O. The summed E-state index contributed by atoms with van der Waals surface area (Å²) in [6, 6.07) is 2.22. The van der Waals surface area contributed by atoms with E-state index < -0.39 is 23.7 Å². The lowest BCUT2D eigenvalue weighted by Gasteiger charge is -2.21. The van der Waals surface area contributed by atoms with Gasteiger partial charge in [-0.25, -0.2) is 9.59 Å². The first-order chi connectivity index (χ1) is 10.3. The molecule has 0 bridgehead atoms. The Bertz CT molecular complexity index is 478. The molecule has 0 fully saturated rings. The molecule has 0 saturated carbocycles. The van der Waals surface area contributed by atoms with Gasteiger partial charge in [0.05, 0.1) is 6.26 Å². The van der Waals surface area contributed by atoms with Crippen LogP contribution in [0.2, 0.25) is 0 Å². The van der Waals surface area contributed by atoms with Gasteiger partial charge >= 0.3 is 12.1 Å².